The van der Waals surface area contributed by atoms with E-state index < -0.39 is 11.2 Å². The smallest absolute Gasteiger partial charge is 0.168 e. The van der Waals surface area contributed by atoms with Gasteiger partial charge in [-0.05, 0) is 27.7 Å². The van der Waals surface area contributed by atoms with Crippen molar-refractivity contribution in [1.29, 1.82) is 0 Å². The predicted octanol–water partition coefficient (Wildman–Crippen LogP) is 2.04. The number of rotatable bonds is 2. The zero-order valence-electron chi connectivity index (χ0n) is 10.9. The third-order valence-corrected chi connectivity index (χ3v) is 3.45. The van der Waals surface area contributed by atoms with Crippen molar-refractivity contribution in [3.05, 3.63) is 12.3 Å². The van der Waals surface area contributed by atoms with Gasteiger partial charge in [-0.15, -0.1) is 0 Å². The van der Waals surface area contributed by atoms with Gasteiger partial charge in [0.2, 0.25) is 0 Å². The standard InChI is InChI=1S/C13H20O4/c1-12(2)10(14)5-6-15-11(12)7-9-8-16-13(3,4)17-9/h5-6,9,11H,7-8H2,1-4H3. The second-order valence-electron chi connectivity index (χ2n) is 5.70. The van der Waals surface area contributed by atoms with Crippen LogP contribution in [0.1, 0.15) is 34.1 Å². The number of carbonyl (C=O) groups excluding carboxylic acids is 1. The monoisotopic (exact) mass is 240 g/mol. The summed E-state index contributed by atoms with van der Waals surface area (Å²) >= 11 is 0. The molecule has 0 saturated carbocycles. The topological polar surface area (TPSA) is 44.8 Å². The molecule has 17 heavy (non-hydrogen) atoms. The summed E-state index contributed by atoms with van der Waals surface area (Å²) < 4.78 is 16.8. The average Bonchev–Trinajstić information content (AvgIpc) is 2.54. The molecule has 0 spiro atoms. The van der Waals surface area contributed by atoms with E-state index in [9.17, 15) is 4.79 Å². The largest absolute Gasteiger partial charge is 0.497 e. The maximum atomic E-state index is 11.8. The molecule has 0 N–H and O–H groups in total. The van der Waals surface area contributed by atoms with Crippen LogP contribution in [0.25, 0.3) is 0 Å². The first-order valence-corrected chi connectivity index (χ1v) is 5.99. The minimum atomic E-state index is -0.524. The highest BCUT2D eigenvalue weighted by atomic mass is 16.7. The van der Waals surface area contributed by atoms with Crippen molar-refractivity contribution in [3.8, 4) is 0 Å². The molecule has 2 rings (SSSR count). The van der Waals surface area contributed by atoms with E-state index in [0.29, 0.717) is 13.0 Å². The fourth-order valence-corrected chi connectivity index (χ4v) is 2.21. The van der Waals surface area contributed by atoms with Crippen molar-refractivity contribution < 1.29 is 19.0 Å². The Hall–Kier alpha value is -0.870. The Kier molecular flexibility index (Phi) is 3.04. The van der Waals surface area contributed by atoms with E-state index in [1.165, 1.54) is 12.3 Å². The highest BCUT2D eigenvalue weighted by Gasteiger charge is 2.43. The fraction of sp³-hybridized carbons (Fsp3) is 0.769. The van der Waals surface area contributed by atoms with Crippen LogP contribution in [-0.2, 0) is 19.0 Å². The Labute approximate surface area is 102 Å². The lowest BCUT2D eigenvalue weighted by molar-refractivity contribution is -0.147. The van der Waals surface area contributed by atoms with Crippen molar-refractivity contribution in [2.75, 3.05) is 6.61 Å². The summed E-state index contributed by atoms with van der Waals surface area (Å²) in [7, 11) is 0. The molecular weight excluding hydrogens is 220 g/mol. The summed E-state index contributed by atoms with van der Waals surface area (Å²) in [5, 5.41) is 0. The van der Waals surface area contributed by atoms with E-state index in [1.54, 1.807) is 0 Å². The zero-order chi connectivity index (χ0) is 12.7. The van der Waals surface area contributed by atoms with E-state index >= 15 is 0 Å². The quantitative estimate of drug-likeness (QED) is 0.741. The lowest BCUT2D eigenvalue weighted by Gasteiger charge is -2.35. The van der Waals surface area contributed by atoms with Gasteiger partial charge < -0.3 is 14.2 Å². The third-order valence-electron chi connectivity index (χ3n) is 3.45. The SMILES string of the molecule is CC1(C)OCC(CC2OC=CC(=O)C2(C)C)O1. The minimum absolute atomic E-state index is 0.00595. The van der Waals surface area contributed by atoms with Crippen LogP contribution in [0.5, 0.6) is 0 Å². The van der Waals surface area contributed by atoms with Gasteiger partial charge in [0.15, 0.2) is 11.6 Å². The summed E-state index contributed by atoms with van der Waals surface area (Å²) in [5.74, 6) is -0.421. The Bertz CT molecular complexity index is 343. The third kappa shape index (κ3) is 2.53. The highest BCUT2D eigenvalue weighted by molar-refractivity contribution is 5.95. The van der Waals surface area contributed by atoms with E-state index in [0.717, 1.165) is 0 Å². The molecule has 0 aromatic carbocycles. The maximum absolute atomic E-state index is 11.8. The fourth-order valence-electron chi connectivity index (χ4n) is 2.21. The van der Waals surface area contributed by atoms with Crippen LogP contribution >= 0.6 is 0 Å². The first-order chi connectivity index (χ1) is 7.81. The number of ether oxygens (including phenoxy) is 3. The summed E-state index contributed by atoms with van der Waals surface area (Å²) in [4.78, 5) is 11.8. The normalized spacial score (nSPS) is 34.7. The molecule has 2 atom stereocenters. The first-order valence-electron chi connectivity index (χ1n) is 5.99. The van der Waals surface area contributed by atoms with E-state index in [1.807, 2.05) is 27.7 Å². The Morgan fingerprint density at radius 3 is 2.65 bits per heavy atom. The van der Waals surface area contributed by atoms with Gasteiger partial charge in [-0.25, -0.2) is 0 Å². The average molecular weight is 240 g/mol. The second-order valence-corrected chi connectivity index (χ2v) is 5.70. The number of allylic oxidation sites excluding steroid dienone is 1. The molecular formula is C13H20O4. The molecule has 2 aliphatic rings. The summed E-state index contributed by atoms with van der Waals surface area (Å²) in [6.45, 7) is 8.16. The van der Waals surface area contributed by atoms with Gasteiger partial charge >= 0.3 is 0 Å². The lowest BCUT2D eigenvalue weighted by atomic mass is 9.78. The molecule has 1 saturated heterocycles. The van der Waals surface area contributed by atoms with Gasteiger partial charge in [0.1, 0.15) is 6.10 Å². The molecule has 0 radical (unpaired) electrons. The number of ketones is 1. The molecule has 0 amide bonds. The summed E-state index contributed by atoms with van der Waals surface area (Å²) in [6.07, 6.45) is 3.49. The second kappa shape index (κ2) is 4.10. The van der Waals surface area contributed by atoms with E-state index in [-0.39, 0.29) is 18.0 Å². The Morgan fingerprint density at radius 1 is 1.35 bits per heavy atom. The van der Waals surface area contributed by atoms with Gasteiger partial charge in [-0.2, -0.15) is 0 Å². The van der Waals surface area contributed by atoms with Gasteiger partial charge in [0.25, 0.3) is 0 Å². The molecule has 2 aliphatic heterocycles. The molecule has 4 nitrogen and oxygen atoms in total. The predicted molar refractivity (Wildman–Crippen MR) is 62.3 cm³/mol. The molecule has 4 heteroatoms. The molecule has 96 valence electrons. The number of hydrogen-bond acceptors (Lipinski definition) is 4. The van der Waals surface area contributed by atoms with Gasteiger partial charge in [0, 0.05) is 12.5 Å². The van der Waals surface area contributed by atoms with Gasteiger partial charge in [-0.3, -0.25) is 4.79 Å². The zero-order valence-corrected chi connectivity index (χ0v) is 10.9. The summed E-state index contributed by atoms with van der Waals surface area (Å²) in [6, 6.07) is 0. The Balaban J connectivity index is 2.00. The minimum Gasteiger partial charge on any atom is -0.497 e. The van der Waals surface area contributed by atoms with Crippen molar-refractivity contribution >= 4 is 5.78 Å². The molecule has 2 unspecified atom stereocenters. The molecule has 0 aromatic heterocycles. The van der Waals surface area contributed by atoms with Gasteiger partial charge in [0.05, 0.1) is 24.4 Å². The van der Waals surface area contributed by atoms with E-state index in [2.05, 4.69) is 0 Å². The van der Waals surface area contributed by atoms with Crippen LogP contribution in [0.2, 0.25) is 0 Å². The van der Waals surface area contributed by atoms with Crippen LogP contribution in [0.3, 0.4) is 0 Å². The molecule has 1 fully saturated rings. The van der Waals surface area contributed by atoms with Crippen LogP contribution in [0.4, 0.5) is 0 Å². The lowest BCUT2D eigenvalue weighted by Crippen LogP contribution is -2.42. The molecule has 0 aromatic rings. The molecule has 0 aliphatic carbocycles. The maximum Gasteiger partial charge on any atom is 0.168 e. The van der Waals surface area contributed by atoms with E-state index in [4.69, 9.17) is 14.2 Å². The van der Waals surface area contributed by atoms with Crippen LogP contribution in [0, 0.1) is 5.41 Å². The van der Waals surface area contributed by atoms with Crippen LogP contribution < -0.4 is 0 Å². The van der Waals surface area contributed by atoms with Gasteiger partial charge in [-0.1, -0.05) is 0 Å². The molecule has 2 heterocycles. The first kappa shape index (κ1) is 12.6. The van der Waals surface area contributed by atoms with Crippen LogP contribution in [-0.4, -0.2) is 30.4 Å². The highest BCUT2D eigenvalue weighted by Crippen LogP contribution is 2.34. The van der Waals surface area contributed by atoms with Crippen molar-refractivity contribution in [2.45, 2.75) is 52.1 Å². The number of hydrogen-bond donors (Lipinski definition) is 0. The number of carbonyl (C=O) groups is 1. The summed E-state index contributed by atoms with van der Waals surface area (Å²) in [5.41, 5.74) is -0.495. The Morgan fingerprint density at radius 2 is 2.06 bits per heavy atom. The van der Waals surface area contributed by atoms with Crippen molar-refractivity contribution in [2.24, 2.45) is 5.41 Å². The van der Waals surface area contributed by atoms with Crippen LogP contribution in [0.15, 0.2) is 12.3 Å². The van der Waals surface area contributed by atoms with Crippen molar-refractivity contribution in [3.63, 3.8) is 0 Å². The van der Waals surface area contributed by atoms with Crippen molar-refractivity contribution in [1.82, 2.24) is 0 Å². The molecule has 0 bridgehead atoms.